The molecule has 1 aromatic rings. The minimum Gasteiger partial charge on any atom is -0.481 e. The summed E-state index contributed by atoms with van der Waals surface area (Å²) in [6.07, 6.45) is 0. The summed E-state index contributed by atoms with van der Waals surface area (Å²) in [6.45, 7) is 1.66. The Morgan fingerprint density at radius 1 is 1.08 bits per heavy atom. The van der Waals surface area contributed by atoms with E-state index in [1.165, 1.54) is 6.92 Å². The number of ether oxygens (including phenoxy) is 1. The van der Waals surface area contributed by atoms with E-state index >= 15 is 0 Å². The van der Waals surface area contributed by atoms with Crippen LogP contribution < -0.4 is 0 Å². The van der Waals surface area contributed by atoms with Gasteiger partial charge in [-0.25, -0.2) is 0 Å². The summed E-state index contributed by atoms with van der Waals surface area (Å²) in [5.74, 6) is -7.43. The largest absolute Gasteiger partial charge is 0.481 e. The number of carboxylic acid groups (broad SMARTS) is 2. The Labute approximate surface area is 144 Å². The van der Waals surface area contributed by atoms with Crippen LogP contribution in [0.4, 0.5) is 0 Å². The van der Waals surface area contributed by atoms with Crippen LogP contribution in [0.2, 0.25) is 0 Å². The minimum atomic E-state index is -1.71. The Bertz CT molecular complexity index is 667. The summed E-state index contributed by atoms with van der Waals surface area (Å²) in [4.78, 5) is 49.5. The van der Waals surface area contributed by atoms with E-state index in [4.69, 9.17) is 14.9 Å². The second-order valence-electron chi connectivity index (χ2n) is 5.33. The van der Waals surface area contributed by atoms with Crippen LogP contribution >= 0.6 is 0 Å². The van der Waals surface area contributed by atoms with Crippen molar-refractivity contribution in [1.82, 2.24) is 0 Å². The zero-order chi connectivity index (χ0) is 19.0. The number of nitrogens with zero attached hydrogens (tertiary/aromatic N) is 1. The van der Waals surface area contributed by atoms with Crippen LogP contribution in [0.1, 0.15) is 19.4 Å². The molecule has 0 saturated carbocycles. The van der Waals surface area contributed by atoms with Crippen molar-refractivity contribution in [3.63, 3.8) is 0 Å². The number of benzene rings is 1. The molecule has 0 spiro atoms. The average Bonchev–Trinajstić information content (AvgIpc) is 2.55. The molecule has 1 aromatic carbocycles. The highest BCUT2D eigenvalue weighted by Gasteiger charge is 2.34. The van der Waals surface area contributed by atoms with Crippen molar-refractivity contribution in [3.8, 4) is 0 Å². The normalized spacial score (nSPS) is 13.6. The van der Waals surface area contributed by atoms with Gasteiger partial charge < -0.3 is 14.9 Å². The first-order valence-electron chi connectivity index (χ1n) is 7.43. The van der Waals surface area contributed by atoms with Crippen molar-refractivity contribution in [2.24, 2.45) is 16.8 Å². The number of carbonyl (C=O) groups is 4. The molecule has 0 aliphatic carbocycles. The number of Topliss-reactive ketones (excluding diaryl/α,β-unsaturated/α-hetero) is 1. The predicted octanol–water partition coefficient (Wildman–Crippen LogP) is 1.18. The van der Waals surface area contributed by atoms with Crippen LogP contribution in [-0.2, 0) is 30.5 Å². The Hall–Kier alpha value is -3.03. The monoisotopic (exact) mass is 349 g/mol. The number of hydrogen-bond donors (Lipinski definition) is 2. The molecular formula is C17H19NO7. The molecule has 0 amide bonds. The predicted molar refractivity (Wildman–Crippen MR) is 87.1 cm³/mol. The third-order valence-corrected chi connectivity index (χ3v) is 3.40. The molecule has 2 atom stereocenters. The van der Waals surface area contributed by atoms with E-state index in [-0.39, 0.29) is 12.3 Å². The van der Waals surface area contributed by atoms with Gasteiger partial charge in [-0.05, 0) is 19.4 Å². The molecule has 0 heterocycles. The third kappa shape index (κ3) is 6.17. The molecule has 0 aliphatic heterocycles. The van der Waals surface area contributed by atoms with Gasteiger partial charge in [-0.3, -0.25) is 24.2 Å². The van der Waals surface area contributed by atoms with Crippen LogP contribution in [0.3, 0.4) is 0 Å². The molecule has 25 heavy (non-hydrogen) atoms. The first kappa shape index (κ1) is 20.0. The van der Waals surface area contributed by atoms with Gasteiger partial charge in [0.1, 0.15) is 18.9 Å². The van der Waals surface area contributed by atoms with Crippen LogP contribution in [0.15, 0.2) is 35.3 Å². The molecule has 0 saturated heterocycles. The van der Waals surface area contributed by atoms with Crippen molar-refractivity contribution < 1.29 is 34.1 Å². The van der Waals surface area contributed by atoms with Gasteiger partial charge in [0, 0.05) is 5.71 Å². The second kappa shape index (κ2) is 9.31. The third-order valence-electron chi connectivity index (χ3n) is 3.40. The first-order chi connectivity index (χ1) is 11.7. The lowest BCUT2D eigenvalue weighted by molar-refractivity contribution is -0.145. The van der Waals surface area contributed by atoms with Crippen molar-refractivity contribution >= 4 is 29.4 Å². The smallest absolute Gasteiger partial charge is 0.328 e. The minimum absolute atomic E-state index is 0.00801. The number of rotatable bonds is 9. The fourth-order valence-corrected chi connectivity index (χ4v) is 2.05. The molecule has 8 nitrogen and oxygen atoms in total. The van der Waals surface area contributed by atoms with E-state index in [0.29, 0.717) is 0 Å². The van der Waals surface area contributed by atoms with E-state index in [1.807, 2.05) is 6.07 Å². The van der Waals surface area contributed by atoms with Gasteiger partial charge in [-0.15, -0.1) is 0 Å². The molecule has 2 unspecified atom stereocenters. The van der Waals surface area contributed by atoms with Gasteiger partial charge in [0.05, 0.1) is 5.92 Å². The number of esters is 1. The zero-order valence-corrected chi connectivity index (χ0v) is 13.8. The number of hydrogen-bond acceptors (Lipinski definition) is 6. The SMILES string of the molecule is CC(=O)C(C(=O)O)C(=NCC(=O)OCc1ccccc1)C(C)C(=O)O. The van der Waals surface area contributed by atoms with Crippen molar-refractivity contribution in [1.29, 1.82) is 0 Å². The molecular weight excluding hydrogens is 330 g/mol. The van der Waals surface area contributed by atoms with Crippen molar-refractivity contribution in [2.75, 3.05) is 6.54 Å². The van der Waals surface area contributed by atoms with Crippen LogP contribution in [0.25, 0.3) is 0 Å². The summed E-state index contributed by atoms with van der Waals surface area (Å²) >= 11 is 0. The van der Waals surface area contributed by atoms with Gasteiger partial charge in [-0.2, -0.15) is 0 Å². The molecule has 134 valence electrons. The first-order valence-corrected chi connectivity index (χ1v) is 7.43. The van der Waals surface area contributed by atoms with E-state index in [0.717, 1.165) is 12.5 Å². The van der Waals surface area contributed by atoms with Crippen molar-refractivity contribution in [3.05, 3.63) is 35.9 Å². The second-order valence-corrected chi connectivity index (χ2v) is 5.33. The zero-order valence-electron chi connectivity index (χ0n) is 13.8. The van der Waals surface area contributed by atoms with Gasteiger partial charge in [0.2, 0.25) is 0 Å². The molecule has 0 aromatic heterocycles. The highest BCUT2D eigenvalue weighted by molar-refractivity contribution is 6.22. The Morgan fingerprint density at radius 3 is 2.16 bits per heavy atom. The van der Waals surface area contributed by atoms with E-state index in [1.54, 1.807) is 24.3 Å². The summed E-state index contributed by atoms with van der Waals surface area (Å²) in [5.41, 5.74) is 0.371. The fourth-order valence-electron chi connectivity index (χ4n) is 2.05. The molecule has 0 radical (unpaired) electrons. The molecule has 0 bridgehead atoms. The number of carbonyl (C=O) groups excluding carboxylic acids is 2. The van der Waals surface area contributed by atoms with E-state index < -0.39 is 42.1 Å². The lowest BCUT2D eigenvalue weighted by Gasteiger charge is -2.16. The Morgan fingerprint density at radius 2 is 1.68 bits per heavy atom. The molecule has 0 fully saturated rings. The maximum absolute atomic E-state index is 11.8. The maximum atomic E-state index is 11.8. The Kier molecular flexibility index (Phi) is 7.45. The van der Waals surface area contributed by atoms with Crippen molar-refractivity contribution in [2.45, 2.75) is 20.5 Å². The Balaban J connectivity index is 2.87. The van der Waals surface area contributed by atoms with Crippen LogP contribution in [-0.4, -0.2) is 46.2 Å². The number of aliphatic imine (C=N–C) groups is 1. The topological polar surface area (TPSA) is 130 Å². The summed E-state index contributed by atoms with van der Waals surface area (Å²) < 4.78 is 4.99. The lowest BCUT2D eigenvalue weighted by atomic mass is 9.90. The van der Waals surface area contributed by atoms with Gasteiger partial charge in [-0.1, -0.05) is 30.3 Å². The number of aliphatic carboxylic acids is 2. The number of ketones is 1. The molecule has 2 N–H and O–H groups in total. The molecule has 1 rings (SSSR count). The average molecular weight is 349 g/mol. The summed E-state index contributed by atoms with van der Waals surface area (Å²) in [5, 5.41) is 18.2. The maximum Gasteiger partial charge on any atom is 0.328 e. The summed E-state index contributed by atoms with van der Waals surface area (Å²) in [6, 6.07) is 8.87. The van der Waals surface area contributed by atoms with E-state index in [9.17, 15) is 19.2 Å². The highest BCUT2D eigenvalue weighted by Crippen LogP contribution is 2.13. The van der Waals surface area contributed by atoms with Gasteiger partial charge in [0.25, 0.3) is 0 Å². The fraction of sp³-hybridized carbons (Fsp3) is 0.353. The van der Waals surface area contributed by atoms with Crippen LogP contribution in [0.5, 0.6) is 0 Å². The van der Waals surface area contributed by atoms with Gasteiger partial charge in [0.15, 0.2) is 5.92 Å². The summed E-state index contributed by atoms with van der Waals surface area (Å²) in [7, 11) is 0. The highest BCUT2D eigenvalue weighted by atomic mass is 16.5. The lowest BCUT2D eigenvalue weighted by Crippen LogP contribution is -2.37. The standard InChI is InChI=1S/C17H19NO7/c1-10(16(21)22)15(14(11(2)19)17(23)24)18-8-13(20)25-9-12-6-4-3-5-7-12/h3-7,10,14H,8-9H2,1-2H3,(H,21,22)(H,23,24). The van der Waals surface area contributed by atoms with Crippen LogP contribution in [0, 0.1) is 11.8 Å². The van der Waals surface area contributed by atoms with E-state index in [2.05, 4.69) is 4.99 Å². The molecule has 0 aliphatic rings. The number of carboxylic acids is 2. The molecule has 8 heteroatoms. The quantitative estimate of drug-likeness (QED) is 0.389. The van der Waals surface area contributed by atoms with Gasteiger partial charge >= 0.3 is 17.9 Å².